The molecule has 104 valence electrons. The summed E-state index contributed by atoms with van der Waals surface area (Å²) in [6, 6.07) is -1.01. The van der Waals surface area contributed by atoms with Crippen molar-refractivity contribution in [1.29, 1.82) is 0 Å². The van der Waals surface area contributed by atoms with Crippen molar-refractivity contribution < 1.29 is 34.4 Å². The van der Waals surface area contributed by atoms with Crippen LogP contribution in [0.1, 0.15) is 6.92 Å². The minimum absolute atomic E-state index is 0.290. The number of nitrogens with one attached hydrogen (secondary N) is 1. The fourth-order valence-corrected chi connectivity index (χ4v) is 1.75. The number of hydrogen-bond acceptors (Lipinski definition) is 7. The molecule has 1 heterocycles. The molecule has 0 aromatic heterocycles. The molecule has 8 heteroatoms. The number of aliphatic hydroxyl groups is 3. The minimum Gasteiger partial charge on any atom is -0.394 e. The van der Waals surface area contributed by atoms with Gasteiger partial charge in [-0.3, -0.25) is 4.79 Å². The molecule has 0 saturated carbocycles. The molecule has 1 rings (SSSR count). The number of amides is 1. The summed E-state index contributed by atoms with van der Waals surface area (Å²) in [4.78, 5) is 21.2. The molecule has 18 heavy (non-hydrogen) atoms. The minimum atomic E-state index is -1.36. The van der Waals surface area contributed by atoms with Crippen molar-refractivity contribution in [1.82, 2.24) is 5.32 Å². The number of rotatable bonds is 5. The lowest BCUT2D eigenvalue weighted by molar-refractivity contribution is -0.267. The van der Waals surface area contributed by atoms with Gasteiger partial charge in [-0.25, -0.2) is 0 Å². The van der Waals surface area contributed by atoms with Crippen molar-refractivity contribution in [3.63, 3.8) is 0 Å². The monoisotopic (exact) mass is 263 g/mol. The maximum absolute atomic E-state index is 11.0. The highest BCUT2D eigenvalue weighted by atomic mass is 16.7. The Morgan fingerprint density at radius 2 is 2.11 bits per heavy atom. The van der Waals surface area contributed by atoms with Crippen molar-refractivity contribution in [3.8, 4) is 0 Å². The fraction of sp³-hybridized carbons (Fsp3) is 0.800. The largest absolute Gasteiger partial charge is 0.394 e. The van der Waals surface area contributed by atoms with E-state index in [2.05, 4.69) is 5.32 Å². The highest BCUT2D eigenvalue weighted by Crippen LogP contribution is 2.21. The van der Waals surface area contributed by atoms with Gasteiger partial charge in [0.1, 0.15) is 37.2 Å². The maximum Gasteiger partial charge on any atom is 0.217 e. The van der Waals surface area contributed by atoms with E-state index in [0.717, 1.165) is 0 Å². The third-order valence-corrected chi connectivity index (χ3v) is 2.58. The molecule has 0 aromatic rings. The second-order valence-corrected chi connectivity index (χ2v) is 3.93. The Morgan fingerprint density at radius 1 is 1.44 bits per heavy atom. The summed E-state index contributed by atoms with van der Waals surface area (Å²) in [5.41, 5.74) is 0. The highest BCUT2D eigenvalue weighted by Gasteiger charge is 2.45. The van der Waals surface area contributed by atoms with Crippen molar-refractivity contribution >= 4 is 12.2 Å². The van der Waals surface area contributed by atoms with Crippen LogP contribution in [-0.2, 0) is 19.1 Å². The van der Waals surface area contributed by atoms with Crippen LogP contribution in [0.25, 0.3) is 0 Å². The molecule has 1 saturated heterocycles. The first kappa shape index (κ1) is 15.0. The molecule has 1 fully saturated rings. The van der Waals surface area contributed by atoms with Crippen molar-refractivity contribution in [2.75, 3.05) is 13.2 Å². The van der Waals surface area contributed by atoms with E-state index in [4.69, 9.17) is 14.6 Å². The van der Waals surface area contributed by atoms with Gasteiger partial charge in [-0.15, -0.1) is 0 Å². The summed E-state index contributed by atoms with van der Waals surface area (Å²) < 4.78 is 10.2. The third-order valence-electron chi connectivity index (χ3n) is 2.58. The molecule has 0 aromatic carbocycles. The number of aldehydes is 1. The van der Waals surface area contributed by atoms with Crippen molar-refractivity contribution in [3.05, 3.63) is 0 Å². The first-order chi connectivity index (χ1) is 8.51. The molecule has 4 N–H and O–H groups in total. The van der Waals surface area contributed by atoms with Crippen LogP contribution in [0.2, 0.25) is 0 Å². The van der Waals surface area contributed by atoms with E-state index in [1.54, 1.807) is 0 Å². The Labute approximate surface area is 104 Å². The summed E-state index contributed by atoms with van der Waals surface area (Å²) in [7, 11) is 0. The van der Waals surface area contributed by atoms with Gasteiger partial charge < -0.3 is 34.9 Å². The number of hydrogen-bond donors (Lipinski definition) is 4. The van der Waals surface area contributed by atoms with Crippen LogP contribution in [-0.4, -0.2) is 71.4 Å². The summed E-state index contributed by atoms with van der Waals surface area (Å²) >= 11 is 0. The topological polar surface area (TPSA) is 125 Å². The lowest BCUT2D eigenvalue weighted by Gasteiger charge is -2.41. The van der Waals surface area contributed by atoms with Gasteiger partial charge >= 0.3 is 0 Å². The molecule has 0 unspecified atom stereocenters. The average Bonchev–Trinajstić information content (AvgIpc) is 2.33. The number of carbonyl (C=O) groups is 2. The van der Waals surface area contributed by atoms with E-state index in [1.165, 1.54) is 6.92 Å². The SMILES string of the molecule is CC(=O)N[C@H]1[C@H](OCC=O)O[C@H](CO)[C@@H](O)[C@@H]1O. The Kier molecular flexibility index (Phi) is 5.63. The molecular formula is C10H17NO7. The van der Waals surface area contributed by atoms with Gasteiger partial charge in [0, 0.05) is 6.92 Å². The van der Waals surface area contributed by atoms with Crippen LogP contribution in [0.3, 0.4) is 0 Å². The van der Waals surface area contributed by atoms with Crippen LogP contribution in [0.5, 0.6) is 0 Å². The van der Waals surface area contributed by atoms with Gasteiger partial charge in [0.25, 0.3) is 0 Å². The van der Waals surface area contributed by atoms with Crippen LogP contribution >= 0.6 is 0 Å². The van der Waals surface area contributed by atoms with Gasteiger partial charge in [0.2, 0.25) is 5.91 Å². The predicted octanol–water partition coefficient (Wildman–Crippen LogP) is -2.85. The first-order valence-electron chi connectivity index (χ1n) is 5.46. The molecule has 1 aliphatic heterocycles. The second kappa shape index (κ2) is 6.76. The zero-order valence-electron chi connectivity index (χ0n) is 9.85. The predicted molar refractivity (Wildman–Crippen MR) is 57.4 cm³/mol. The van der Waals surface area contributed by atoms with E-state index in [0.29, 0.717) is 6.29 Å². The molecule has 1 amide bonds. The van der Waals surface area contributed by atoms with Gasteiger partial charge in [0.05, 0.1) is 6.61 Å². The molecule has 0 bridgehead atoms. The van der Waals surface area contributed by atoms with E-state index in [-0.39, 0.29) is 6.61 Å². The number of carbonyl (C=O) groups excluding carboxylic acids is 2. The number of aliphatic hydroxyl groups excluding tert-OH is 3. The summed E-state index contributed by atoms with van der Waals surface area (Å²) in [5.74, 6) is -0.447. The smallest absolute Gasteiger partial charge is 0.217 e. The van der Waals surface area contributed by atoms with Crippen LogP contribution < -0.4 is 5.32 Å². The van der Waals surface area contributed by atoms with Gasteiger partial charge in [-0.2, -0.15) is 0 Å². The van der Waals surface area contributed by atoms with Crippen molar-refractivity contribution in [2.24, 2.45) is 0 Å². The third kappa shape index (κ3) is 3.47. The van der Waals surface area contributed by atoms with Gasteiger partial charge in [0.15, 0.2) is 6.29 Å². The average molecular weight is 263 g/mol. The van der Waals surface area contributed by atoms with E-state index >= 15 is 0 Å². The highest BCUT2D eigenvalue weighted by molar-refractivity contribution is 5.73. The Hall–Kier alpha value is -1.06. The van der Waals surface area contributed by atoms with Crippen LogP contribution in [0.15, 0.2) is 0 Å². The molecule has 8 nitrogen and oxygen atoms in total. The molecule has 0 aliphatic carbocycles. The Bertz CT molecular complexity index is 298. The Balaban J connectivity index is 2.79. The zero-order chi connectivity index (χ0) is 13.7. The number of ether oxygens (including phenoxy) is 2. The molecule has 0 spiro atoms. The van der Waals surface area contributed by atoms with Gasteiger partial charge in [-0.05, 0) is 0 Å². The normalized spacial score (nSPS) is 36.1. The quantitative estimate of drug-likeness (QED) is 0.393. The van der Waals surface area contributed by atoms with E-state index in [9.17, 15) is 19.8 Å². The zero-order valence-corrected chi connectivity index (χ0v) is 9.85. The van der Waals surface area contributed by atoms with E-state index in [1.807, 2.05) is 0 Å². The lowest BCUT2D eigenvalue weighted by atomic mass is 9.97. The van der Waals surface area contributed by atoms with Crippen molar-refractivity contribution in [2.45, 2.75) is 37.6 Å². The van der Waals surface area contributed by atoms with E-state index < -0.39 is 43.2 Å². The van der Waals surface area contributed by atoms with Gasteiger partial charge in [-0.1, -0.05) is 0 Å². The second-order valence-electron chi connectivity index (χ2n) is 3.93. The lowest BCUT2D eigenvalue weighted by Crippen LogP contribution is -2.64. The fourth-order valence-electron chi connectivity index (χ4n) is 1.75. The molecule has 5 atom stereocenters. The molecule has 0 radical (unpaired) electrons. The first-order valence-corrected chi connectivity index (χ1v) is 5.46. The summed E-state index contributed by atoms with van der Waals surface area (Å²) in [6.07, 6.45) is -4.39. The van der Waals surface area contributed by atoms with Crippen LogP contribution in [0, 0.1) is 0 Å². The standard InChI is InChI=1S/C10H17NO7/c1-5(14)11-7-9(16)8(15)6(4-13)18-10(7)17-3-2-12/h2,6-10,13,15-16H,3-4H2,1H3,(H,11,14)/t6-,7-,8-,9-,10-/m1/s1. The summed E-state index contributed by atoms with van der Waals surface area (Å²) in [6.45, 7) is 0.418. The maximum atomic E-state index is 11.0. The summed E-state index contributed by atoms with van der Waals surface area (Å²) in [5, 5.41) is 30.8. The molecular weight excluding hydrogens is 246 g/mol. The Morgan fingerprint density at radius 3 is 2.61 bits per heavy atom. The van der Waals surface area contributed by atoms with Crippen LogP contribution in [0.4, 0.5) is 0 Å². The molecule has 1 aliphatic rings.